The number of amides is 1. The Morgan fingerprint density at radius 1 is 1.07 bits per heavy atom. The molecule has 5 heteroatoms. The number of hydrogen-bond acceptors (Lipinski definition) is 4. The SMILES string of the molecule is CCCOc1ccc([C@H]2CC(=O)Nc3c(-c4ccc(OC)cc4)csc32)cc1. The van der Waals surface area contributed by atoms with Crippen molar-refractivity contribution >= 4 is 22.9 Å². The van der Waals surface area contributed by atoms with E-state index in [9.17, 15) is 4.79 Å². The second-order valence-corrected chi connectivity index (χ2v) is 7.75. The van der Waals surface area contributed by atoms with Crippen LogP contribution in [0.4, 0.5) is 5.69 Å². The van der Waals surface area contributed by atoms with Gasteiger partial charge in [0.1, 0.15) is 11.5 Å². The molecule has 0 saturated heterocycles. The highest BCUT2D eigenvalue weighted by Gasteiger charge is 2.30. The van der Waals surface area contributed by atoms with Crippen LogP contribution in [-0.2, 0) is 4.79 Å². The van der Waals surface area contributed by atoms with Gasteiger partial charge >= 0.3 is 0 Å². The highest BCUT2D eigenvalue weighted by molar-refractivity contribution is 7.11. The Hall–Kier alpha value is -2.79. The number of carbonyl (C=O) groups excluding carboxylic acids is 1. The van der Waals surface area contributed by atoms with Gasteiger partial charge in [0.05, 0.1) is 19.4 Å². The van der Waals surface area contributed by atoms with Crippen LogP contribution in [0.1, 0.15) is 36.1 Å². The van der Waals surface area contributed by atoms with Gasteiger partial charge < -0.3 is 14.8 Å². The zero-order valence-electron chi connectivity index (χ0n) is 16.0. The Balaban J connectivity index is 1.66. The number of carbonyl (C=O) groups is 1. The Labute approximate surface area is 169 Å². The molecule has 4 nitrogen and oxygen atoms in total. The fourth-order valence-corrected chi connectivity index (χ4v) is 4.66. The predicted octanol–water partition coefficient (Wildman–Crippen LogP) is 5.69. The molecule has 1 atom stereocenters. The van der Waals surface area contributed by atoms with Gasteiger partial charge in [0.25, 0.3) is 0 Å². The molecule has 0 unspecified atom stereocenters. The number of hydrogen-bond donors (Lipinski definition) is 1. The summed E-state index contributed by atoms with van der Waals surface area (Å²) in [5, 5.41) is 5.22. The lowest BCUT2D eigenvalue weighted by Crippen LogP contribution is -2.22. The van der Waals surface area contributed by atoms with Crippen molar-refractivity contribution in [2.75, 3.05) is 19.0 Å². The van der Waals surface area contributed by atoms with Crippen LogP contribution >= 0.6 is 11.3 Å². The zero-order chi connectivity index (χ0) is 19.5. The minimum Gasteiger partial charge on any atom is -0.497 e. The molecule has 0 fully saturated rings. The minimum atomic E-state index is 0.0528. The molecule has 1 aliphatic rings. The lowest BCUT2D eigenvalue weighted by molar-refractivity contribution is -0.116. The van der Waals surface area contributed by atoms with Crippen molar-refractivity contribution in [3.05, 3.63) is 64.4 Å². The van der Waals surface area contributed by atoms with Crippen LogP contribution in [0.5, 0.6) is 11.5 Å². The van der Waals surface area contributed by atoms with Gasteiger partial charge in [-0.2, -0.15) is 0 Å². The Morgan fingerprint density at radius 3 is 2.46 bits per heavy atom. The van der Waals surface area contributed by atoms with Crippen LogP contribution in [0, 0.1) is 0 Å². The fourth-order valence-electron chi connectivity index (χ4n) is 3.50. The lowest BCUT2D eigenvalue weighted by atomic mass is 9.89. The first-order valence-corrected chi connectivity index (χ1v) is 10.4. The maximum absolute atomic E-state index is 12.4. The van der Waals surface area contributed by atoms with E-state index < -0.39 is 0 Å². The Bertz CT molecular complexity index is 961. The van der Waals surface area contributed by atoms with Crippen molar-refractivity contribution in [2.24, 2.45) is 0 Å². The van der Waals surface area contributed by atoms with Gasteiger partial charge in [-0.1, -0.05) is 31.2 Å². The predicted molar refractivity (Wildman–Crippen MR) is 114 cm³/mol. The van der Waals surface area contributed by atoms with Gasteiger partial charge in [0.15, 0.2) is 0 Å². The second kappa shape index (κ2) is 8.07. The molecular formula is C23H23NO3S. The summed E-state index contributed by atoms with van der Waals surface area (Å²) >= 11 is 1.70. The quantitative estimate of drug-likeness (QED) is 0.585. The number of thiophene rings is 1. The third kappa shape index (κ3) is 3.62. The maximum atomic E-state index is 12.4. The third-order valence-electron chi connectivity index (χ3n) is 4.95. The normalized spacial score (nSPS) is 15.6. The monoisotopic (exact) mass is 393 g/mol. The molecule has 1 aliphatic heterocycles. The molecule has 0 saturated carbocycles. The number of nitrogens with one attached hydrogen (secondary N) is 1. The summed E-state index contributed by atoms with van der Waals surface area (Å²) in [5.41, 5.74) is 4.21. The van der Waals surface area contributed by atoms with Crippen LogP contribution in [0.15, 0.2) is 53.9 Å². The molecule has 2 heterocycles. The third-order valence-corrected chi connectivity index (χ3v) is 6.04. The number of methoxy groups -OCH3 is 1. The summed E-state index contributed by atoms with van der Waals surface area (Å²) in [4.78, 5) is 13.7. The molecule has 3 aromatic rings. The number of anilines is 1. The number of benzene rings is 2. The van der Waals surface area contributed by atoms with E-state index >= 15 is 0 Å². The summed E-state index contributed by atoms with van der Waals surface area (Å²) in [6.07, 6.45) is 1.45. The van der Waals surface area contributed by atoms with Gasteiger partial charge in [-0.15, -0.1) is 11.3 Å². The van der Waals surface area contributed by atoms with Crippen molar-refractivity contribution in [2.45, 2.75) is 25.7 Å². The molecule has 2 aromatic carbocycles. The molecule has 28 heavy (non-hydrogen) atoms. The highest BCUT2D eigenvalue weighted by Crippen LogP contribution is 2.46. The molecule has 0 bridgehead atoms. The molecule has 0 aliphatic carbocycles. The van der Waals surface area contributed by atoms with Gasteiger partial charge in [-0.3, -0.25) is 4.79 Å². The zero-order valence-corrected chi connectivity index (χ0v) is 16.8. The van der Waals surface area contributed by atoms with Crippen molar-refractivity contribution in [3.63, 3.8) is 0 Å². The van der Waals surface area contributed by atoms with Gasteiger partial charge in [-0.05, 0) is 41.8 Å². The van der Waals surface area contributed by atoms with Crippen molar-refractivity contribution in [3.8, 4) is 22.6 Å². The average Bonchev–Trinajstić information content (AvgIpc) is 3.16. The summed E-state index contributed by atoms with van der Waals surface area (Å²) in [7, 11) is 1.66. The van der Waals surface area contributed by atoms with Gasteiger partial charge in [0, 0.05) is 28.2 Å². The van der Waals surface area contributed by atoms with Gasteiger partial charge in [0.2, 0.25) is 5.91 Å². The highest BCUT2D eigenvalue weighted by atomic mass is 32.1. The van der Waals surface area contributed by atoms with Crippen molar-refractivity contribution < 1.29 is 14.3 Å². The summed E-state index contributed by atoms with van der Waals surface area (Å²) in [6, 6.07) is 16.1. The first-order chi connectivity index (χ1) is 13.7. The molecule has 1 amide bonds. The van der Waals surface area contributed by atoms with E-state index in [-0.39, 0.29) is 11.8 Å². The van der Waals surface area contributed by atoms with Crippen LogP contribution in [0.25, 0.3) is 11.1 Å². The first kappa shape index (κ1) is 18.6. The van der Waals surface area contributed by atoms with Crippen molar-refractivity contribution in [1.82, 2.24) is 0 Å². The van der Waals surface area contributed by atoms with E-state index in [4.69, 9.17) is 9.47 Å². The minimum absolute atomic E-state index is 0.0528. The maximum Gasteiger partial charge on any atom is 0.225 e. The van der Waals surface area contributed by atoms with E-state index in [1.165, 1.54) is 4.88 Å². The first-order valence-electron chi connectivity index (χ1n) is 9.48. The van der Waals surface area contributed by atoms with Gasteiger partial charge in [-0.25, -0.2) is 0 Å². The Kier molecular flexibility index (Phi) is 5.35. The van der Waals surface area contributed by atoms with E-state index in [1.54, 1.807) is 18.4 Å². The van der Waals surface area contributed by atoms with E-state index in [2.05, 4.69) is 29.8 Å². The summed E-state index contributed by atoms with van der Waals surface area (Å²) < 4.78 is 10.9. The molecular weight excluding hydrogens is 370 g/mol. The number of fused-ring (bicyclic) bond motifs is 1. The lowest BCUT2D eigenvalue weighted by Gasteiger charge is -2.24. The van der Waals surface area contributed by atoms with E-state index in [1.807, 2.05) is 36.4 Å². The van der Waals surface area contributed by atoms with Crippen molar-refractivity contribution in [1.29, 1.82) is 0 Å². The second-order valence-electron chi connectivity index (χ2n) is 6.84. The largest absolute Gasteiger partial charge is 0.497 e. The fraction of sp³-hybridized carbons (Fsp3) is 0.261. The van der Waals surface area contributed by atoms with E-state index in [0.29, 0.717) is 13.0 Å². The van der Waals surface area contributed by atoms with E-state index in [0.717, 1.165) is 40.3 Å². The topological polar surface area (TPSA) is 47.6 Å². The van der Waals surface area contributed by atoms with Crippen LogP contribution in [0.2, 0.25) is 0 Å². The average molecular weight is 394 g/mol. The molecule has 1 N–H and O–H groups in total. The molecule has 144 valence electrons. The molecule has 0 spiro atoms. The smallest absolute Gasteiger partial charge is 0.225 e. The standard InChI is InChI=1S/C23H23NO3S/c1-3-12-27-18-10-6-15(7-11-18)19-13-21(25)24-22-20(14-28-23(19)22)16-4-8-17(26-2)9-5-16/h4-11,14,19H,3,12-13H2,1-2H3,(H,24,25)/t19-/m1/s1. The van der Waals surface area contributed by atoms with Crippen LogP contribution in [0.3, 0.4) is 0 Å². The number of ether oxygens (including phenoxy) is 2. The molecule has 4 rings (SSSR count). The number of rotatable bonds is 6. The van der Waals surface area contributed by atoms with Crippen LogP contribution in [-0.4, -0.2) is 19.6 Å². The molecule has 0 radical (unpaired) electrons. The van der Waals surface area contributed by atoms with Crippen LogP contribution < -0.4 is 14.8 Å². The summed E-state index contributed by atoms with van der Waals surface area (Å²) in [6.45, 7) is 2.80. The molecule has 1 aromatic heterocycles. The Morgan fingerprint density at radius 2 is 1.79 bits per heavy atom. The summed E-state index contributed by atoms with van der Waals surface area (Å²) in [5.74, 6) is 1.81.